The maximum atomic E-state index is 2.47. The van der Waals surface area contributed by atoms with Gasteiger partial charge in [-0.05, 0) is 25.3 Å². The van der Waals surface area contributed by atoms with Crippen LogP contribution in [0.5, 0.6) is 0 Å². The highest BCUT2D eigenvalue weighted by molar-refractivity contribution is 14.1. The summed E-state index contributed by atoms with van der Waals surface area (Å²) in [5.41, 5.74) is 2.62. The van der Waals surface area contributed by atoms with Crippen molar-refractivity contribution >= 4 is 28.7 Å². The molecule has 0 nitrogen and oxygen atoms in total. The third-order valence-corrected chi connectivity index (χ3v) is 2.74. The average Bonchev–Trinajstić information content (AvgIpc) is 2.15. The zero-order chi connectivity index (χ0) is 10.4. The topological polar surface area (TPSA) is 0 Å². The van der Waals surface area contributed by atoms with Gasteiger partial charge in [-0.15, -0.1) is 0 Å². The molecular formula is C13H17I. The van der Waals surface area contributed by atoms with Crippen molar-refractivity contribution in [3.8, 4) is 0 Å². The van der Waals surface area contributed by atoms with Gasteiger partial charge in [-0.1, -0.05) is 71.5 Å². The minimum absolute atomic E-state index is 0.773. The van der Waals surface area contributed by atoms with E-state index in [1.807, 2.05) is 0 Å². The zero-order valence-corrected chi connectivity index (χ0v) is 11.0. The van der Waals surface area contributed by atoms with Crippen LogP contribution in [0.4, 0.5) is 0 Å². The van der Waals surface area contributed by atoms with Crippen molar-refractivity contribution in [2.75, 3.05) is 0 Å². The molecule has 1 aromatic rings. The van der Waals surface area contributed by atoms with Gasteiger partial charge in [0.25, 0.3) is 0 Å². The molecule has 0 spiro atoms. The first-order valence-electron chi connectivity index (χ1n) is 5.06. The second-order valence-electron chi connectivity index (χ2n) is 3.67. The molecule has 0 aliphatic carbocycles. The number of benzene rings is 1. The van der Waals surface area contributed by atoms with E-state index in [0.717, 1.165) is 3.92 Å². The van der Waals surface area contributed by atoms with Gasteiger partial charge in [-0.25, -0.2) is 0 Å². The monoisotopic (exact) mass is 300 g/mol. The van der Waals surface area contributed by atoms with Crippen LogP contribution in [0.2, 0.25) is 0 Å². The summed E-state index contributed by atoms with van der Waals surface area (Å²) in [7, 11) is 0. The SMILES string of the molecule is Cc1ccc(C=CCCC(C)I)cc1. The minimum atomic E-state index is 0.773. The van der Waals surface area contributed by atoms with E-state index in [4.69, 9.17) is 0 Å². The number of aryl methyl sites for hydroxylation is 1. The maximum absolute atomic E-state index is 2.47. The standard InChI is InChI=1S/C13H17I/c1-11-7-9-13(10-8-11)6-4-3-5-12(2)14/h4,6-10,12H,3,5H2,1-2H3. The number of hydrogen-bond donors (Lipinski definition) is 0. The first kappa shape index (κ1) is 11.8. The summed E-state index contributed by atoms with van der Waals surface area (Å²) in [6, 6.07) is 8.64. The number of rotatable bonds is 4. The van der Waals surface area contributed by atoms with E-state index in [1.165, 1.54) is 24.0 Å². The van der Waals surface area contributed by atoms with Gasteiger partial charge < -0.3 is 0 Å². The lowest BCUT2D eigenvalue weighted by Gasteiger charge is -1.98. The predicted octanol–water partition coefficient (Wildman–Crippen LogP) is 4.61. The third-order valence-electron chi connectivity index (χ3n) is 2.12. The molecule has 14 heavy (non-hydrogen) atoms. The van der Waals surface area contributed by atoms with Gasteiger partial charge in [0.15, 0.2) is 0 Å². The largest absolute Gasteiger partial charge is 0.0839 e. The van der Waals surface area contributed by atoms with Gasteiger partial charge in [0, 0.05) is 3.92 Å². The van der Waals surface area contributed by atoms with Gasteiger partial charge in [0.1, 0.15) is 0 Å². The molecule has 0 aliphatic rings. The molecule has 1 unspecified atom stereocenters. The van der Waals surface area contributed by atoms with Crippen molar-refractivity contribution in [3.05, 3.63) is 41.5 Å². The highest BCUT2D eigenvalue weighted by Gasteiger charge is 1.91. The number of allylic oxidation sites excluding steroid dienone is 1. The summed E-state index contributed by atoms with van der Waals surface area (Å²) in [5, 5.41) is 0. The fourth-order valence-corrected chi connectivity index (χ4v) is 1.58. The average molecular weight is 300 g/mol. The Labute approximate surface area is 101 Å². The fraction of sp³-hybridized carbons (Fsp3) is 0.385. The lowest BCUT2D eigenvalue weighted by atomic mass is 10.1. The van der Waals surface area contributed by atoms with Crippen LogP contribution in [0.25, 0.3) is 6.08 Å². The Bertz CT molecular complexity index is 283. The summed E-state index contributed by atoms with van der Waals surface area (Å²) >= 11 is 2.47. The molecule has 1 atom stereocenters. The van der Waals surface area contributed by atoms with Gasteiger partial charge in [-0.2, -0.15) is 0 Å². The summed E-state index contributed by atoms with van der Waals surface area (Å²) in [4.78, 5) is 0. The Hall–Kier alpha value is -0.310. The van der Waals surface area contributed by atoms with Crippen LogP contribution in [-0.4, -0.2) is 3.92 Å². The number of alkyl halides is 1. The third kappa shape index (κ3) is 4.80. The van der Waals surface area contributed by atoms with Crippen molar-refractivity contribution in [1.82, 2.24) is 0 Å². The maximum Gasteiger partial charge on any atom is 0.00842 e. The Balaban J connectivity index is 2.40. The van der Waals surface area contributed by atoms with Crippen LogP contribution >= 0.6 is 22.6 Å². The number of hydrogen-bond acceptors (Lipinski definition) is 0. The van der Waals surface area contributed by atoms with Crippen LogP contribution in [0.3, 0.4) is 0 Å². The van der Waals surface area contributed by atoms with E-state index in [0.29, 0.717) is 0 Å². The highest BCUT2D eigenvalue weighted by atomic mass is 127. The number of halogens is 1. The lowest BCUT2D eigenvalue weighted by Crippen LogP contribution is -1.86. The summed E-state index contributed by atoms with van der Waals surface area (Å²) in [5.74, 6) is 0. The van der Waals surface area contributed by atoms with E-state index in [1.54, 1.807) is 0 Å². The molecule has 1 rings (SSSR count). The molecule has 0 heterocycles. The molecule has 0 radical (unpaired) electrons. The normalized spacial score (nSPS) is 13.4. The summed E-state index contributed by atoms with van der Waals surface area (Å²) in [6.07, 6.45) is 6.92. The molecule has 0 bridgehead atoms. The Morgan fingerprint density at radius 1 is 1.29 bits per heavy atom. The highest BCUT2D eigenvalue weighted by Crippen LogP contribution is 2.10. The molecule has 0 aromatic heterocycles. The van der Waals surface area contributed by atoms with Crippen molar-refractivity contribution in [3.63, 3.8) is 0 Å². The van der Waals surface area contributed by atoms with Gasteiger partial charge in [0.05, 0.1) is 0 Å². The molecule has 0 amide bonds. The van der Waals surface area contributed by atoms with Crippen LogP contribution < -0.4 is 0 Å². The lowest BCUT2D eigenvalue weighted by molar-refractivity contribution is 0.859. The van der Waals surface area contributed by atoms with Crippen LogP contribution in [0.1, 0.15) is 30.9 Å². The van der Waals surface area contributed by atoms with Crippen LogP contribution in [0, 0.1) is 6.92 Å². The Morgan fingerprint density at radius 2 is 1.93 bits per heavy atom. The first-order chi connectivity index (χ1) is 6.68. The van der Waals surface area contributed by atoms with E-state index in [9.17, 15) is 0 Å². The van der Waals surface area contributed by atoms with Crippen LogP contribution in [-0.2, 0) is 0 Å². The Morgan fingerprint density at radius 3 is 2.50 bits per heavy atom. The second-order valence-corrected chi connectivity index (χ2v) is 5.80. The van der Waals surface area contributed by atoms with E-state index in [-0.39, 0.29) is 0 Å². The molecule has 0 fully saturated rings. The van der Waals surface area contributed by atoms with Crippen molar-refractivity contribution < 1.29 is 0 Å². The molecule has 1 heteroatoms. The first-order valence-corrected chi connectivity index (χ1v) is 6.30. The second kappa shape index (κ2) is 6.23. The molecule has 0 saturated heterocycles. The predicted molar refractivity (Wildman–Crippen MR) is 72.9 cm³/mol. The zero-order valence-electron chi connectivity index (χ0n) is 8.83. The molecular weight excluding hydrogens is 283 g/mol. The summed E-state index contributed by atoms with van der Waals surface area (Å²) in [6.45, 7) is 4.37. The van der Waals surface area contributed by atoms with Gasteiger partial charge >= 0.3 is 0 Å². The smallest absolute Gasteiger partial charge is 0.00842 e. The van der Waals surface area contributed by atoms with Gasteiger partial charge in [-0.3, -0.25) is 0 Å². The van der Waals surface area contributed by atoms with E-state index in [2.05, 4.69) is 72.9 Å². The molecule has 0 saturated carbocycles. The molecule has 0 N–H and O–H groups in total. The summed E-state index contributed by atoms with van der Waals surface area (Å²) < 4.78 is 0.773. The minimum Gasteiger partial charge on any atom is -0.0839 e. The van der Waals surface area contributed by atoms with E-state index < -0.39 is 0 Å². The van der Waals surface area contributed by atoms with E-state index >= 15 is 0 Å². The van der Waals surface area contributed by atoms with Gasteiger partial charge in [0.2, 0.25) is 0 Å². The molecule has 0 aliphatic heterocycles. The van der Waals surface area contributed by atoms with Crippen molar-refractivity contribution in [2.45, 2.75) is 30.6 Å². The quantitative estimate of drug-likeness (QED) is 0.562. The molecule has 76 valence electrons. The fourth-order valence-electron chi connectivity index (χ4n) is 1.22. The van der Waals surface area contributed by atoms with Crippen LogP contribution in [0.15, 0.2) is 30.3 Å². The van der Waals surface area contributed by atoms with Crippen molar-refractivity contribution in [2.24, 2.45) is 0 Å². The van der Waals surface area contributed by atoms with Crippen molar-refractivity contribution in [1.29, 1.82) is 0 Å². The Kier molecular flexibility index (Phi) is 5.23. The molecule has 1 aromatic carbocycles.